The molecule has 1 saturated carbocycles. The van der Waals surface area contributed by atoms with Crippen molar-refractivity contribution in [2.24, 2.45) is 5.92 Å². The van der Waals surface area contributed by atoms with Crippen LogP contribution < -0.4 is 10.6 Å². The van der Waals surface area contributed by atoms with Crippen LogP contribution in [0.3, 0.4) is 0 Å². The van der Waals surface area contributed by atoms with E-state index in [1.165, 1.54) is 0 Å². The van der Waals surface area contributed by atoms with Gasteiger partial charge in [0, 0.05) is 30.6 Å². The van der Waals surface area contributed by atoms with E-state index in [9.17, 15) is 4.79 Å². The van der Waals surface area contributed by atoms with E-state index >= 15 is 0 Å². The highest BCUT2D eigenvalue weighted by molar-refractivity contribution is 6.04. The molecule has 1 fully saturated rings. The molecule has 1 aliphatic carbocycles. The van der Waals surface area contributed by atoms with Crippen LogP contribution in [0.1, 0.15) is 28.8 Å². The Labute approximate surface area is 150 Å². The normalized spacial score (nSPS) is 13.3. The highest BCUT2D eigenvalue weighted by atomic mass is 16.1. The van der Waals surface area contributed by atoms with Gasteiger partial charge < -0.3 is 10.6 Å². The van der Waals surface area contributed by atoms with Crippen molar-refractivity contribution in [3.8, 4) is 0 Å². The summed E-state index contributed by atoms with van der Waals surface area (Å²) in [4.78, 5) is 21.4. The molecule has 3 aromatic rings. The molecule has 4 rings (SSSR count). The van der Waals surface area contributed by atoms with Crippen molar-refractivity contribution < 1.29 is 4.79 Å². The lowest BCUT2D eigenvalue weighted by Gasteiger charge is -2.14. The van der Waals surface area contributed by atoms with Gasteiger partial charge >= 0.3 is 0 Å². The Bertz CT molecular complexity index is 940. The Hall–Kier alpha value is -3.35. The molecule has 0 spiro atoms. The number of rotatable bonds is 6. The topological polar surface area (TPSA) is 92.7 Å². The first-order valence-corrected chi connectivity index (χ1v) is 8.48. The molecule has 7 heteroatoms. The van der Waals surface area contributed by atoms with Crippen LogP contribution >= 0.6 is 0 Å². The number of pyridine rings is 2. The molecule has 0 bridgehead atoms. The fraction of sp³-hybridized carbons (Fsp3) is 0.211. The molecule has 130 valence electrons. The standard InChI is InChI=1S/C19H18N6O/c1-12-4-2-8-20-19(12)23-15-10-17(24-16-5-3-9-22-25-16)21-11-14(15)18(26)13-6-7-13/h2-5,8-11,13H,6-7H2,1H3,(H2,20,21,23,24,25). The lowest BCUT2D eigenvalue weighted by Crippen LogP contribution is -2.09. The molecule has 3 heterocycles. The van der Waals surface area contributed by atoms with Crippen LogP contribution in [0.4, 0.5) is 23.1 Å². The van der Waals surface area contributed by atoms with Crippen molar-refractivity contribution >= 4 is 28.9 Å². The molecule has 0 saturated heterocycles. The molecule has 0 amide bonds. The van der Waals surface area contributed by atoms with E-state index in [1.54, 1.807) is 36.8 Å². The lowest BCUT2D eigenvalue weighted by molar-refractivity contribution is 0.0968. The molecule has 7 nitrogen and oxygen atoms in total. The van der Waals surface area contributed by atoms with Gasteiger partial charge in [0.25, 0.3) is 0 Å². The summed E-state index contributed by atoms with van der Waals surface area (Å²) in [5.41, 5.74) is 2.27. The van der Waals surface area contributed by atoms with E-state index in [4.69, 9.17) is 0 Å². The number of aromatic nitrogens is 4. The number of nitrogens with one attached hydrogen (secondary N) is 2. The van der Waals surface area contributed by atoms with Gasteiger partial charge in [-0.3, -0.25) is 4.79 Å². The SMILES string of the molecule is Cc1cccnc1Nc1cc(Nc2cccnn2)ncc1C(=O)C1CC1. The maximum absolute atomic E-state index is 12.6. The third-order valence-electron chi connectivity index (χ3n) is 4.21. The Morgan fingerprint density at radius 3 is 2.65 bits per heavy atom. The minimum absolute atomic E-state index is 0.112. The Balaban J connectivity index is 1.68. The van der Waals surface area contributed by atoms with Gasteiger partial charge in [-0.1, -0.05) is 6.07 Å². The fourth-order valence-corrected chi connectivity index (χ4v) is 2.63. The van der Waals surface area contributed by atoms with E-state index in [1.807, 2.05) is 19.1 Å². The Kier molecular flexibility index (Phi) is 4.27. The van der Waals surface area contributed by atoms with Crippen LogP contribution in [0.15, 0.2) is 48.9 Å². The van der Waals surface area contributed by atoms with Gasteiger partial charge in [-0.05, 0) is 43.5 Å². The molecule has 0 aromatic carbocycles. The first-order valence-electron chi connectivity index (χ1n) is 8.48. The largest absolute Gasteiger partial charge is 0.339 e. The smallest absolute Gasteiger partial charge is 0.169 e. The van der Waals surface area contributed by atoms with E-state index in [0.29, 0.717) is 28.7 Å². The van der Waals surface area contributed by atoms with Crippen molar-refractivity contribution in [2.75, 3.05) is 10.6 Å². The van der Waals surface area contributed by atoms with Crippen LogP contribution in [-0.4, -0.2) is 25.9 Å². The summed E-state index contributed by atoms with van der Waals surface area (Å²) >= 11 is 0. The van der Waals surface area contributed by atoms with Crippen LogP contribution in [0, 0.1) is 12.8 Å². The summed E-state index contributed by atoms with van der Waals surface area (Å²) in [6.07, 6.45) is 6.82. The second-order valence-corrected chi connectivity index (χ2v) is 6.28. The molecular formula is C19H18N6O. The zero-order valence-corrected chi connectivity index (χ0v) is 14.3. The van der Waals surface area contributed by atoms with Crippen LogP contribution in [0.25, 0.3) is 0 Å². The minimum atomic E-state index is 0.112. The second kappa shape index (κ2) is 6.87. The number of hydrogen-bond donors (Lipinski definition) is 2. The first-order chi connectivity index (χ1) is 12.7. The number of hydrogen-bond acceptors (Lipinski definition) is 7. The van der Waals surface area contributed by atoms with Crippen LogP contribution in [0.5, 0.6) is 0 Å². The summed E-state index contributed by atoms with van der Waals surface area (Å²) in [5.74, 6) is 2.12. The number of anilines is 4. The summed E-state index contributed by atoms with van der Waals surface area (Å²) in [6, 6.07) is 9.24. The third-order valence-corrected chi connectivity index (χ3v) is 4.21. The number of nitrogens with zero attached hydrogens (tertiary/aromatic N) is 4. The molecule has 0 unspecified atom stereocenters. The van der Waals surface area contributed by atoms with Gasteiger partial charge in [-0.15, -0.1) is 5.10 Å². The zero-order valence-electron chi connectivity index (χ0n) is 14.3. The van der Waals surface area contributed by atoms with E-state index in [-0.39, 0.29) is 11.7 Å². The number of aryl methyl sites for hydroxylation is 1. The van der Waals surface area contributed by atoms with Gasteiger partial charge in [-0.25, -0.2) is 9.97 Å². The molecule has 0 radical (unpaired) electrons. The average Bonchev–Trinajstić information content (AvgIpc) is 3.49. The minimum Gasteiger partial charge on any atom is -0.339 e. The maximum Gasteiger partial charge on any atom is 0.169 e. The molecule has 2 N–H and O–H groups in total. The first kappa shape index (κ1) is 16.1. The number of ketones is 1. The predicted octanol–water partition coefficient (Wildman–Crippen LogP) is 3.65. The molecular weight excluding hydrogens is 328 g/mol. The van der Waals surface area contributed by atoms with Crippen molar-refractivity contribution in [3.05, 3.63) is 60.0 Å². The molecule has 26 heavy (non-hydrogen) atoms. The van der Waals surface area contributed by atoms with Crippen molar-refractivity contribution in [2.45, 2.75) is 19.8 Å². The summed E-state index contributed by atoms with van der Waals surface area (Å²) in [5, 5.41) is 14.2. The lowest BCUT2D eigenvalue weighted by atomic mass is 10.1. The van der Waals surface area contributed by atoms with Gasteiger partial charge in [0.2, 0.25) is 0 Å². The van der Waals surface area contributed by atoms with Gasteiger partial charge in [0.05, 0.1) is 11.3 Å². The third kappa shape index (κ3) is 3.51. The Morgan fingerprint density at radius 2 is 1.92 bits per heavy atom. The van der Waals surface area contributed by atoms with E-state index < -0.39 is 0 Å². The quantitative estimate of drug-likeness (QED) is 0.658. The highest BCUT2D eigenvalue weighted by Gasteiger charge is 2.32. The van der Waals surface area contributed by atoms with Gasteiger partial charge in [0.1, 0.15) is 11.6 Å². The summed E-state index contributed by atoms with van der Waals surface area (Å²) < 4.78 is 0. The number of carbonyl (C=O) groups excluding carboxylic acids is 1. The molecule has 3 aromatic heterocycles. The van der Waals surface area contributed by atoms with E-state index in [0.717, 1.165) is 18.4 Å². The zero-order chi connectivity index (χ0) is 17.9. The van der Waals surface area contributed by atoms with E-state index in [2.05, 4.69) is 30.8 Å². The average molecular weight is 346 g/mol. The van der Waals surface area contributed by atoms with Crippen molar-refractivity contribution in [1.82, 2.24) is 20.2 Å². The molecule has 1 aliphatic rings. The second-order valence-electron chi connectivity index (χ2n) is 6.28. The summed E-state index contributed by atoms with van der Waals surface area (Å²) in [7, 11) is 0. The van der Waals surface area contributed by atoms with Crippen molar-refractivity contribution in [1.29, 1.82) is 0 Å². The predicted molar refractivity (Wildman–Crippen MR) is 98.9 cm³/mol. The fourth-order valence-electron chi connectivity index (χ4n) is 2.63. The summed E-state index contributed by atoms with van der Waals surface area (Å²) in [6.45, 7) is 1.97. The number of Topliss-reactive ketones (excluding diaryl/α,β-unsaturated/α-hetero) is 1. The van der Waals surface area contributed by atoms with Crippen LogP contribution in [0.2, 0.25) is 0 Å². The highest BCUT2D eigenvalue weighted by Crippen LogP contribution is 2.35. The van der Waals surface area contributed by atoms with Crippen molar-refractivity contribution in [3.63, 3.8) is 0 Å². The molecule has 0 atom stereocenters. The maximum atomic E-state index is 12.6. The number of carbonyl (C=O) groups is 1. The monoisotopic (exact) mass is 346 g/mol. The molecule has 0 aliphatic heterocycles. The van der Waals surface area contributed by atoms with Gasteiger partial charge in [-0.2, -0.15) is 5.10 Å². The van der Waals surface area contributed by atoms with Crippen LogP contribution in [-0.2, 0) is 0 Å². The Morgan fingerprint density at radius 1 is 1.08 bits per heavy atom. The van der Waals surface area contributed by atoms with Gasteiger partial charge in [0.15, 0.2) is 11.6 Å².